The fourth-order valence-corrected chi connectivity index (χ4v) is 1.39. The summed E-state index contributed by atoms with van der Waals surface area (Å²) < 4.78 is 0. The minimum Gasteiger partial charge on any atom is -0.355 e. The third-order valence-corrected chi connectivity index (χ3v) is 2.34. The first-order chi connectivity index (χ1) is 8.01. The molecule has 0 aliphatic rings. The lowest BCUT2D eigenvalue weighted by molar-refractivity contribution is -0.130. The van der Waals surface area contributed by atoms with Gasteiger partial charge in [-0.05, 0) is 19.4 Å². The first-order valence-electron chi connectivity index (χ1n) is 6.20. The summed E-state index contributed by atoms with van der Waals surface area (Å²) in [6.07, 6.45) is 1.86. The summed E-state index contributed by atoms with van der Waals surface area (Å²) in [5, 5.41) is 2.82. The van der Waals surface area contributed by atoms with Gasteiger partial charge in [-0.25, -0.2) is 0 Å². The maximum Gasteiger partial charge on any atom is 0.236 e. The van der Waals surface area contributed by atoms with Crippen molar-refractivity contribution in [1.29, 1.82) is 0 Å². The predicted octanol–water partition coefficient (Wildman–Crippen LogP) is 0.313. The summed E-state index contributed by atoms with van der Waals surface area (Å²) in [5.74, 6) is 0.0218. The fourth-order valence-electron chi connectivity index (χ4n) is 1.39. The molecule has 0 bridgehead atoms. The Morgan fingerprint density at radius 2 is 1.71 bits per heavy atom. The molecule has 0 aliphatic carbocycles. The van der Waals surface area contributed by atoms with E-state index in [1.807, 2.05) is 18.7 Å². The molecule has 0 aromatic heterocycles. The van der Waals surface area contributed by atoms with E-state index in [0.717, 1.165) is 19.4 Å². The first-order valence-corrected chi connectivity index (χ1v) is 6.20. The SMILES string of the molecule is CCCNC(=O)CN(CCC)CC(=O)N(C)C. The van der Waals surface area contributed by atoms with E-state index in [9.17, 15) is 9.59 Å². The van der Waals surface area contributed by atoms with Crippen LogP contribution in [0.5, 0.6) is 0 Å². The molecule has 0 saturated heterocycles. The number of rotatable bonds is 8. The highest BCUT2D eigenvalue weighted by Crippen LogP contribution is 1.93. The van der Waals surface area contributed by atoms with Crippen molar-refractivity contribution < 1.29 is 9.59 Å². The Balaban J connectivity index is 4.13. The highest BCUT2D eigenvalue weighted by atomic mass is 16.2. The van der Waals surface area contributed by atoms with Crippen LogP contribution in [0.4, 0.5) is 0 Å². The summed E-state index contributed by atoms with van der Waals surface area (Å²) in [7, 11) is 3.45. The minimum absolute atomic E-state index is 0.00754. The zero-order chi connectivity index (χ0) is 13.3. The zero-order valence-corrected chi connectivity index (χ0v) is 11.5. The third-order valence-electron chi connectivity index (χ3n) is 2.34. The van der Waals surface area contributed by atoms with Crippen LogP contribution >= 0.6 is 0 Å². The van der Waals surface area contributed by atoms with Gasteiger partial charge in [0, 0.05) is 20.6 Å². The van der Waals surface area contributed by atoms with Gasteiger partial charge in [0.2, 0.25) is 11.8 Å². The van der Waals surface area contributed by atoms with E-state index in [4.69, 9.17) is 0 Å². The molecule has 0 aliphatic heterocycles. The van der Waals surface area contributed by atoms with Crippen LogP contribution in [0.3, 0.4) is 0 Å². The van der Waals surface area contributed by atoms with Crippen LogP contribution in [0.2, 0.25) is 0 Å². The fraction of sp³-hybridized carbons (Fsp3) is 0.833. The standard InChI is InChI=1S/C12H25N3O2/c1-5-7-13-11(16)9-15(8-6-2)10-12(17)14(3)4/h5-10H2,1-4H3,(H,13,16). The number of likely N-dealkylation sites (N-methyl/N-ethyl adjacent to an activating group) is 1. The van der Waals surface area contributed by atoms with Gasteiger partial charge >= 0.3 is 0 Å². The summed E-state index contributed by atoms with van der Waals surface area (Å²) in [6, 6.07) is 0. The molecule has 2 amide bonds. The van der Waals surface area contributed by atoms with E-state index in [1.165, 1.54) is 0 Å². The van der Waals surface area contributed by atoms with Crippen LogP contribution in [0.1, 0.15) is 26.7 Å². The number of carbonyl (C=O) groups excluding carboxylic acids is 2. The lowest BCUT2D eigenvalue weighted by Crippen LogP contribution is -2.43. The van der Waals surface area contributed by atoms with E-state index in [0.29, 0.717) is 19.6 Å². The molecule has 17 heavy (non-hydrogen) atoms. The van der Waals surface area contributed by atoms with Crippen LogP contribution in [0.25, 0.3) is 0 Å². The predicted molar refractivity (Wildman–Crippen MR) is 68.7 cm³/mol. The summed E-state index contributed by atoms with van der Waals surface area (Å²) in [5.41, 5.74) is 0. The van der Waals surface area contributed by atoms with Crippen LogP contribution in [-0.2, 0) is 9.59 Å². The minimum atomic E-state index is -0.00754. The van der Waals surface area contributed by atoms with Gasteiger partial charge in [0.1, 0.15) is 0 Å². The van der Waals surface area contributed by atoms with E-state index >= 15 is 0 Å². The van der Waals surface area contributed by atoms with Crippen molar-refractivity contribution in [3.05, 3.63) is 0 Å². The molecule has 5 heteroatoms. The monoisotopic (exact) mass is 243 g/mol. The molecular weight excluding hydrogens is 218 g/mol. The van der Waals surface area contributed by atoms with Gasteiger partial charge in [-0.1, -0.05) is 13.8 Å². The Morgan fingerprint density at radius 3 is 2.18 bits per heavy atom. The molecular formula is C12H25N3O2. The van der Waals surface area contributed by atoms with Gasteiger partial charge in [-0.2, -0.15) is 0 Å². The quantitative estimate of drug-likeness (QED) is 0.667. The van der Waals surface area contributed by atoms with Crippen molar-refractivity contribution in [2.45, 2.75) is 26.7 Å². The summed E-state index contributed by atoms with van der Waals surface area (Å²) >= 11 is 0. The van der Waals surface area contributed by atoms with Crippen molar-refractivity contribution in [2.75, 3.05) is 40.3 Å². The molecule has 0 heterocycles. The van der Waals surface area contributed by atoms with E-state index in [-0.39, 0.29) is 11.8 Å². The normalized spacial score (nSPS) is 10.4. The van der Waals surface area contributed by atoms with E-state index in [1.54, 1.807) is 19.0 Å². The number of hydrogen-bond donors (Lipinski definition) is 1. The number of nitrogens with one attached hydrogen (secondary N) is 1. The molecule has 0 aromatic carbocycles. The molecule has 5 nitrogen and oxygen atoms in total. The van der Waals surface area contributed by atoms with Crippen LogP contribution in [0.15, 0.2) is 0 Å². The largest absolute Gasteiger partial charge is 0.355 e. The van der Waals surface area contributed by atoms with E-state index in [2.05, 4.69) is 5.32 Å². The van der Waals surface area contributed by atoms with Crippen molar-refractivity contribution in [3.8, 4) is 0 Å². The van der Waals surface area contributed by atoms with Gasteiger partial charge in [0.25, 0.3) is 0 Å². The molecule has 0 spiro atoms. The van der Waals surface area contributed by atoms with Crippen molar-refractivity contribution in [1.82, 2.24) is 15.1 Å². The smallest absolute Gasteiger partial charge is 0.236 e. The van der Waals surface area contributed by atoms with Gasteiger partial charge < -0.3 is 10.2 Å². The zero-order valence-electron chi connectivity index (χ0n) is 11.5. The van der Waals surface area contributed by atoms with Gasteiger partial charge in [0.15, 0.2) is 0 Å². The molecule has 1 N–H and O–H groups in total. The van der Waals surface area contributed by atoms with Crippen LogP contribution < -0.4 is 5.32 Å². The maximum absolute atomic E-state index is 11.6. The highest BCUT2D eigenvalue weighted by molar-refractivity contribution is 5.80. The molecule has 100 valence electrons. The lowest BCUT2D eigenvalue weighted by Gasteiger charge is -2.22. The molecule has 0 unspecified atom stereocenters. The van der Waals surface area contributed by atoms with Gasteiger partial charge in [-0.15, -0.1) is 0 Å². The number of hydrogen-bond acceptors (Lipinski definition) is 3. The van der Waals surface area contributed by atoms with Crippen LogP contribution in [0, 0.1) is 0 Å². The Labute approximate surface area is 104 Å². The molecule has 0 aromatic rings. The highest BCUT2D eigenvalue weighted by Gasteiger charge is 2.14. The second-order valence-electron chi connectivity index (χ2n) is 4.35. The second kappa shape index (κ2) is 8.98. The maximum atomic E-state index is 11.6. The average Bonchev–Trinajstić information content (AvgIpc) is 2.26. The Hall–Kier alpha value is -1.10. The average molecular weight is 243 g/mol. The molecule has 0 saturated carbocycles. The molecule has 0 radical (unpaired) electrons. The summed E-state index contributed by atoms with van der Waals surface area (Å²) in [6.45, 7) is 6.12. The third kappa shape index (κ3) is 7.74. The molecule has 0 fully saturated rings. The Kier molecular flexibility index (Phi) is 8.40. The van der Waals surface area contributed by atoms with Crippen molar-refractivity contribution >= 4 is 11.8 Å². The van der Waals surface area contributed by atoms with E-state index < -0.39 is 0 Å². The summed E-state index contributed by atoms with van der Waals surface area (Å²) in [4.78, 5) is 26.6. The topological polar surface area (TPSA) is 52.7 Å². The molecule has 0 rings (SSSR count). The lowest BCUT2D eigenvalue weighted by atomic mass is 10.3. The molecule has 0 atom stereocenters. The number of amides is 2. The Morgan fingerprint density at radius 1 is 1.06 bits per heavy atom. The first kappa shape index (κ1) is 15.9. The second-order valence-corrected chi connectivity index (χ2v) is 4.35. The van der Waals surface area contributed by atoms with Crippen molar-refractivity contribution in [3.63, 3.8) is 0 Å². The number of carbonyl (C=O) groups is 2. The van der Waals surface area contributed by atoms with Crippen molar-refractivity contribution in [2.24, 2.45) is 0 Å². The Bertz CT molecular complexity index is 242. The van der Waals surface area contributed by atoms with Gasteiger partial charge in [0.05, 0.1) is 13.1 Å². The van der Waals surface area contributed by atoms with Crippen LogP contribution in [-0.4, -0.2) is 61.9 Å². The number of nitrogens with zero attached hydrogens (tertiary/aromatic N) is 2. The van der Waals surface area contributed by atoms with Gasteiger partial charge in [-0.3, -0.25) is 14.5 Å².